The maximum Gasteiger partial charge on any atom is 0.256 e. The van der Waals surface area contributed by atoms with Gasteiger partial charge >= 0.3 is 0 Å². The molecule has 1 N–H and O–H groups in total. The molecule has 1 aromatic carbocycles. The zero-order chi connectivity index (χ0) is 17.3. The summed E-state index contributed by atoms with van der Waals surface area (Å²) >= 11 is 0. The van der Waals surface area contributed by atoms with Crippen LogP contribution >= 0.6 is 0 Å². The molecule has 0 saturated carbocycles. The van der Waals surface area contributed by atoms with Gasteiger partial charge in [-0.15, -0.1) is 0 Å². The minimum atomic E-state index is -0.327. The number of nitrogens with one attached hydrogen (secondary N) is 1. The minimum Gasteiger partial charge on any atom is -0.319 e. The fourth-order valence-corrected chi connectivity index (χ4v) is 2.52. The second-order valence-corrected chi connectivity index (χ2v) is 5.61. The molecule has 0 saturated heterocycles. The molecule has 0 unspecified atom stereocenters. The van der Waals surface area contributed by atoms with E-state index in [0.29, 0.717) is 16.9 Å². The lowest BCUT2D eigenvalue weighted by Crippen LogP contribution is -2.20. The highest BCUT2D eigenvalue weighted by Gasteiger charge is 2.16. The van der Waals surface area contributed by atoms with E-state index < -0.39 is 0 Å². The average molecular weight is 322 g/mol. The number of amides is 1. The lowest BCUT2D eigenvalue weighted by atomic mass is 10.2. The summed E-state index contributed by atoms with van der Waals surface area (Å²) in [6.07, 6.45) is 1.57. The molecule has 2 aromatic heterocycles. The van der Waals surface area contributed by atoms with Crippen molar-refractivity contribution in [1.29, 1.82) is 0 Å². The van der Waals surface area contributed by atoms with E-state index in [-0.39, 0.29) is 11.5 Å². The van der Waals surface area contributed by atoms with Crippen LogP contribution in [0.2, 0.25) is 0 Å². The quantitative estimate of drug-likeness (QED) is 0.805. The highest BCUT2D eigenvalue weighted by Crippen LogP contribution is 2.23. The molecule has 6 heteroatoms. The zero-order valence-corrected chi connectivity index (χ0v) is 13.8. The van der Waals surface area contributed by atoms with Crippen molar-refractivity contribution in [3.8, 4) is 5.69 Å². The number of nitrogens with zero attached hydrogens (tertiary/aromatic N) is 3. The maximum absolute atomic E-state index is 12.4. The molecule has 1 amide bonds. The molecule has 6 nitrogen and oxygen atoms in total. The van der Waals surface area contributed by atoms with E-state index in [0.717, 1.165) is 11.4 Å². The molecule has 0 fully saturated rings. The van der Waals surface area contributed by atoms with E-state index in [1.807, 2.05) is 44.2 Å². The number of carbonyl (C=O) groups excluding carboxylic acids is 1. The van der Waals surface area contributed by atoms with Crippen molar-refractivity contribution in [2.75, 3.05) is 5.32 Å². The third-order valence-electron chi connectivity index (χ3n) is 3.90. The van der Waals surface area contributed by atoms with Gasteiger partial charge in [-0.25, -0.2) is 4.68 Å². The smallest absolute Gasteiger partial charge is 0.256 e. The molecule has 24 heavy (non-hydrogen) atoms. The van der Waals surface area contributed by atoms with Crippen LogP contribution in [0.5, 0.6) is 0 Å². The highest BCUT2D eigenvalue weighted by molar-refractivity contribution is 6.04. The Morgan fingerprint density at radius 3 is 2.50 bits per heavy atom. The van der Waals surface area contributed by atoms with Gasteiger partial charge in [-0.05, 0) is 32.0 Å². The van der Waals surface area contributed by atoms with Crippen molar-refractivity contribution < 1.29 is 4.79 Å². The third kappa shape index (κ3) is 2.86. The SMILES string of the molecule is Cc1nn(-c2ccccc2)c(C)c1NC(=O)c1ccn(C)c(=O)c1. The van der Waals surface area contributed by atoms with Crippen LogP contribution in [-0.4, -0.2) is 20.3 Å². The van der Waals surface area contributed by atoms with Gasteiger partial charge in [0, 0.05) is 24.9 Å². The highest BCUT2D eigenvalue weighted by atomic mass is 16.2. The Kier molecular flexibility index (Phi) is 4.04. The zero-order valence-electron chi connectivity index (χ0n) is 13.8. The number of pyridine rings is 1. The molecule has 2 heterocycles. The predicted molar refractivity (Wildman–Crippen MR) is 92.7 cm³/mol. The molecule has 0 radical (unpaired) electrons. The summed E-state index contributed by atoms with van der Waals surface area (Å²) in [7, 11) is 1.64. The number of aryl methyl sites for hydroxylation is 2. The number of hydrogen-bond acceptors (Lipinski definition) is 3. The molecule has 3 rings (SSSR count). The van der Waals surface area contributed by atoms with Crippen LogP contribution < -0.4 is 10.9 Å². The van der Waals surface area contributed by atoms with Crippen LogP contribution in [0, 0.1) is 13.8 Å². The Bertz CT molecular complexity index is 955. The van der Waals surface area contributed by atoms with E-state index in [1.165, 1.54) is 10.6 Å². The fourth-order valence-electron chi connectivity index (χ4n) is 2.52. The number of rotatable bonds is 3. The number of benzene rings is 1. The number of anilines is 1. The van der Waals surface area contributed by atoms with Crippen LogP contribution in [-0.2, 0) is 7.05 Å². The summed E-state index contributed by atoms with van der Waals surface area (Å²) in [4.78, 5) is 24.1. The predicted octanol–water partition coefficient (Wildman–Crippen LogP) is 2.44. The third-order valence-corrected chi connectivity index (χ3v) is 3.90. The van der Waals surface area contributed by atoms with Crippen LogP contribution in [0.4, 0.5) is 5.69 Å². The first-order valence-corrected chi connectivity index (χ1v) is 7.57. The lowest BCUT2D eigenvalue weighted by Gasteiger charge is -2.07. The summed E-state index contributed by atoms with van der Waals surface area (Å²) in [5, 5.41) is 7.36. The topological polar surface area (TPSA) is 68.9 Å². The molecule has 0 bridgehead atoms. The van der Waals surface area contributed by atoms with E-state index >= 15 is 0 Å². The standard InChI is InChI=1S/C18H18N4O2/c1-12-17(13(2)22(20-12)15-7-5-4-6-8-15)19-18(24)14-9-10-21(3)16(23)11-14/h4-11H,1-3H3,(H,19,24). The van der Waals surface area contributed by atoms with E-state index in [4.69, 9.17) is 0 Å². The first kappa shape index (κ1) is 15.7. The molecule has 3 aromatic rings. The van der Waals surface area contributed by atoms with E-state index in [1.54, 1.807) is 24.0 Å². The summed E-state index contributed by atoms with van der Waals surface area (Å²) < 4.78 is 3.20. The van der Waals surface area contributed by atoms with Crippen LogP contribution in [0.1, 0.15) is 21.7 Å². The van der Waals surface area contributed by atoms with Crippen molar-refractivity contribution >= 4 is 11.6 Å². The number of hydrogen-bond donors (Lipinski definition) is 1. The molecule has 0 aliphatic carbocycles. The number of aromatic nitrogens is 3. The van der Waals surface area contributed by atoms with Gasteiger partial charge < -0.3 is 9.88 Å². The minimum absolute atomic E-state index is 0.226. The molecule has 0 aliphatic heterocycles. The van der Waals surface area contributed by atoms with Crippen molar-refractivity contribution in [2.45, 2.75) is 13.8 Å². The average Bonchev–Trinajstić information content (AvgIpc) is 2.86. The van der Waals surface area contributed by atoms with E-state index in [9.17, 15) is 9.59 Å². The summed E-state index contributed by atoms with van der Waals surface area (Å²) in [6.45, 7) is 3.73. The summed E-state index contributed by atoms with van der Waals surface area (Å²) in [5.74, 6) is -0.327. The summed E-state index contributed by atoms with van der Waals surface area (Å²) in [5.41, 5.74) is 3.22. The van der Waals surface area contributed by atoms with Gasteiger partial charge in [-0.2, -0.15) is 5.10 Å². The first-order chi connectivity index (χ1) is 11.5. The van der Waals surface area contributed by atoms with Crippen molar-refractivity contribution in [1.82, 2.24) is 14.3 Å². The Balaban J connectivity index is 1.93. The first-order valence-electron chi connectivity index (χ1n) is 7.57. The monoisotopic (exact) mass is 322 g/mol. The largest absolute Gasteiger partial charge is 0.319 e. The Morgan fingerprint density at radius 1 is 1.12 bits per heavy atom. The van der Waals surface area contributed by atoms with Gasteiger partial charge in [0.15, 0.2) is 0 Å². The van der Waals surface area contributed by atoms with Gasteiger partial charge in [0.1, 0.15) is 0 Å². The van der Waals surface area contributed by atoms with Crippen LogP contribution in [0.3, 0.4) is 0 Å². The molecule has 0 spiro atoms. The van der Waals surface area contributed by atoms with Crippen LogP contribution in [0.15, 0.2) is 53.5 Å². The molecule has 0 atom stereocenters. The van der Waals surface area contributed by atoms with E-state index in [2.05, 4.69) is 10.4 Å². The second kappa shape index (κ2) is 6.16. The molecular weight excluding hydrogens is 304 g/mol. The van der Waals surface area contributed by atoms with Gasteiger partial charge in [0.05, 0.1) is 22.8 Å². The fraction of sp³-hybridized carbons (Fsp3) is 0.167. The van der Waals surface area contributed by atoms with Gasteiger partial charge in [-0.3, -0.25) is 9.59 Å². The summed E-state index contributed by atoms with van der Waals surface area (Å²) in [6, 6.07) is 12.6. The Morgan fingerprint density at radius 2 is 1.83 bits per heavy atom. The Hall–Kier alpha value is -3.15. The normalized spacial score (nSPS) is 10.6. The molecular formula is C18H18N4O2. The van der Waals surface area contributed by atoms with Gasteiger partial charge in [0.2, 0.25) is 0 Å². The Labute approximate surface area is 139 Å². The van der Waals surface area contributed by atoms with Gasteiger partial charge in [0.25, 0.3) is 11.5 Å². The van der Waals surface area contributed by atoms with Crippen LogP contribution in [0.25, 0.3) is 5.69 Å². The second-order valence-electron chi connectivity index (χ2n) is 5.61. The van der Waals surface area contributed by atoms with Crippen molar-refractivity contribution in [3.63, 3.8) is 0 Å². The number of para-hydroxylation sites is 1. The van der Waals surface area contributed by atoms with Crippen molar-refractivity contribution in [2.24, 2.45) is 7.05 Å². The lowest BCUT2D eigenvalue weighted by molar-refractivity contribution is 0.102. The number of carbonyl (C=O) groups is 1. The van der Waals surface area contributed by atoms with Gasteiger partial charge in [-0.1, -0.05) is 18.2 Å². The molecule has 122 valence electrons. The maximum atomic E-state index is 12.4. The van der Waals surface area contributed by atoms with Crippen molar-refractivity contribution in [3.05, 3.63) is 76.0 Å². The molecule has 0 aliphatic rings.